The van der Waals surface area contributed by atoms with Crippen LogP contribution in [-0.2, 0) is 19.6 Å². The van der Waals surface area contributed by atoms with Crippen LogP contribution >= 0.6 is 23.2 Å². The smallest absolute Gasteiger partial charge is 0.262 e. The molecule has 1 heterocycles. The minimum Gasteiger partial charge on any atom is -0.482 e. The van der Waals surface area contributed by atoms with E-state index in [1.54, 1.807) is 18.2 Å². The number of hydrogen-bond acceptors (Lipinski definition) is 5. The Bertz CT molecular complexity index is 1010. The molecular formula is C19H20Cl2N2O5S. The molecule has 156 valence electrons. The summed E-state index contributed by atoms with van der Waals surface area (Å²) in [5.41, 5.74) is 1.40. The van der Waals surface area contributed by atoms with Gasteiger partial charge in [0.1, 0.15) is 10.6 Å². The summed E-state index contributed by atoms with van der Waals surface area (Å²) < 4.78 is 38.0. The predicted octanol–water partition coefficient (Wildman–Crippen LogP) is 3.34. The number of anilines is 1. The number of carbonyl (C=O) groups is 1. The highest BCUT2D eigenvalue weighted by molar-refractivity contribution is 7.89. The van der Waals surface area contributed by atoms with Crippen molar-refractivity contribution >= 4 is 44.8 Å². The highest BCUT2D eigenvalue weighted by atomic mass is 35.5. The van der Waals surface area contributed by atoms with Crippen molar-refractivity contribution in [2.45, 2.75) is 11.8 Å². The summed E-state index contributed by atoms with van der Waals surface area (Å²) in [5.74, 6) is -0.390. The van der Waals surface area contributed by atoms with Crippen molar-refractivity contribution in [3.63, 3.8) is 0 Å². The Labute approximate surface area is 179 Å². The van der Waals surface area contributed by atoms with Gasteiger partial charge in [-0.15, -0.1) is 0 Å². The molecule has 1 aliphatic rings. The van der Waals surface area contributed by atoms with Crippen molar-refractivity contribution in [3.05, 3.63) is 52.0 Å². The maximum Gasteiger partial charge on any atom is 0.262 e. The molecule has 1 saturated heterocycles. The first-order valence-corrected chi connectivity index (χ1v) is 11.0. The lowest BCUT2D eigenvalue weighted by Gasteiger charge is -2.26. The van der Waals surface area contributed by atoms with Crippen molar-refractivity contribution in [1.82, 2.24) is 4.31 Å². The number of benzene rings is 2. The molecule has 1 fully saturated rings. The van der Waals surface area contributed by atoms with Gasteiger partial charge in [0.2, 0.25) is 10.0 Å². The van der Waals surface area contributed by atoms with Crippen LogP contribution in [0.2, 0.25) is 10.0 Å². The first-order valence-electron chi connectivity index (χ1n) is 8.83. The van der Waals surface area contributed by atoms with Gasteiger partial charge in [0.15, 0.2) is 6.61 Å². The second kappa shape index (κ2) is 9.32. The van der Waals surface area contributed by atoms with Gasteiger partial charge in [0.05, 0.1) is 13.2 Å². The summed E-state index contributed by atoms with van der Waals surface area (Å²) in [4.78, 5) is 12.2. The van der Waals surface area contributed by atoms with E-state index in [0.29, 0.717) is 23.9 Å². The highest BCUT2D eigenvalue weighted by Gasteiger charge is 2.29. The lowest BCUT2D eigenvalue weighted by Crippen LogP contribution is -2.40. The molecule has 0 aliphatic carbocycles. The number of aryl methyl sites for hydroxylation is 1. The van der Waals surface area contributed by atoms with Gasteiger partial charge in [-0.05, 0) is 42.8 Å². The maximum absolute atomic E-state index is 13.0. The molecule has 0 radical (unpaired) electrons. The van der Waals surface area contributed by atoms with E-state index < -0.39 is 15.9 Å². The third kappa shape index (κ3) is 5.40. The summed E-state index contributed by atoms with van der Waals surface area (Å²) in [7, 11) is -3.84. The number of amides is 1. The van der Waals surface area contributed by atoms with E-state index in [9.17, 15) is 13.2 Å². The Morgan fingerprint density at radius 2 is 1.79 bits per heavy atom. The van der Waals surface area contributed by atoms with E-state index in [2.05, 4.69) is 5.32 Å². The van der Waals surface area contributed by atoms with Crippen molar-refractivity contribution in [2.75, 3.05) is 38.2 Å². The normalized spacial score (nSPS) is 15.1. The van der Waals surface area contributed by atoms with E-state index in [1.165, 1.54) is 22.5 Å². The first-order chi connectivity index (χ1) is 13.8. The summed E-state index contributed by atoms with van der Waals surface area (Å²) in [6.07, 6.45) is 0. The molecule has 10 heteroatoms. The summed E-state index contributed by atoms with van der Waals surface area (Å²) in [5, 5.41) is 3.45. The summed E-state index contributed by atoms with van der Waals surface area (Å²) >= 11 is 12.0. The van der Waals surface area contributed by atoms with E-state index in [4.69, 9.17) is 32.7 Å². The average Bonchev–Trinajstić information content (AvgIpc) is 2.70. The topological polar surface area (TPSA) is 84.9 Å². The van der Waals surface area contributed by atoms with Gasteiger partial charge >= 0.3 is 0 Å². The monoisotopic (exact) mass is 458 g/mol. The van der Waals surface area contributed by atoms with Crippen LogP contribution in [0.25, 0.3) is 0 Å². The van der Waals surface area contributed by atoms with Gasteiger partial charge in [0.25, 0.3) is 5.91 Å². The molecule has 1 amide bonds. The number of morpholine rings is 1. The van der Waals surface area contributed by atoms with Crippen molar-refractivity contribution < 1.29 is 22.7 Å². The molecule has 2 aromatic carbocycles. The SMILES string of the molecule is Cc1ccc(Cl)cc1NC(=O)COc1ccc(Cl)cc1S(=O)(=O)N1CCOCC1. The second-order valence-corrected chi connectivity index (χ2v) is 9.18. The standard InChI is InChI=1S/C19H20Cl2N2O5S/c1-13-2-3-14(20)10-16(13)22-19(24)12-28-17-5-4-15(21)11-18(17)29(25,26)23-6-8-27-9-7-23/h2-5,10-11H,6-9,12H2,1H3,(H,22,24). The lowest BCUT2D eigenvalue weighted by molar-refractivity contribution is -0.118. The van der Waals surface area contributed by atoms with E-state index in [0.717, 1.165) is 5.56 Å². The van der Waals surface area contributed by atoms with Crippen LogP contribution in [0.1, 0.15) is 5.56 Å². The third-order valence-corrected chi connectivity index (χ3v) is 6.72. The van der Waals surface area contributed by atoms with E-state index in [-0.39, 0.29) is 35.4 Å². The Morgan fingerprint density at radius 3 is 2.52 bits per heavy atom. The number of rotatable bonds is 6. The van der Waals surface area contributed by atoms with Crippen LogP contribution in [0.15, 0.2) is 41.3 Å². The van der Waals surface area contributed by atoms with E-state index in [1.807, 2.05) is 6.92 Å². The highest BCUT2D eigenvalue weighted by Crippen LogP contribution is 2.30. The zero-order chi connectivity index (χ0) is 21.0. The first kappa shape index (κ1) is 21.9. The van der Waals surface area contributed by atoms with Gasteiger partial charge in [-0.2, -0.15) is 4.31 Å². The van der Waals surface area contributed by atoms with Crippen molar-refractivity contribution in [2.24, 2.45) is 0 Å². The molecule has 1 aliphatic heterocycles. The molecule has 1 N–H and O–H groups in total. The molecule has 0 saturated carbocycles. The Balaban J connectivity index is 1.76. The van der Waals surface area contributed by atoms with Crippen molar-refractivity contribution in [1.29, 1.82) is 0 Å². The quantitative estimate of drug-likeness (QED) is 0.717. The van der Waals surface area contributed by atoms with Gasteiger partial charge in [-0.3, -0.25) is 4.79 Å². The van der Waals surface area contributed by atoms with Gasteiger partial charge in [-0.1, -0.05) is 29.3 Å². The number of ether oxygens (including phenoxy) is 2. The second-order valence-electron chi connectivity index (χ2n) is 6.40. The Morgan fingerprint density at radius 1 is 1.14 bits per heavy atom. The van der Waals surface area contributed by atoms with Crippen LogP contribution in [-0.4, -0.2) is 51.5 Å². The van der Waals surface area contributed by atoms with Gasteiger partial charge in [0, 0.05) is 28.8 Å². The van der Waals surface area contributed by atoms with Crippen molar-refractivity contribution in [3.8, 4) is 5.75 Å². The zero-order valence-electron chi connectivity index (χ0n) is 15.7. The van der Waals surface area contributed by atoms with E-state index >= 15 is 0 Å². The lowest BCUT2D eigenvalue weighted by atomic mass is 10.2. The fourth-order valence-electron chi connectivity index (χ4n) is 2.79. The summed E-state index contributed by atoms with van der Waals surface area (Å²) in [6, 6.07) is 9.40. The number of hydrogen-bond donors (Lipinski definition) is 1. The number of sulfonamides is 1. The molecule has 0 atom stereocenters. The Hall–Kier alpha value is -1.84. The fourth-order valence-corrected chi connectivity index (χ4v) is 4.76. The number of nitrogens with zero attached hydrogens (tertiary/aromatic N) is 1. The molecule has 0 unspecified atom stereocenters. The average molecular weight is 459 g/mol. The molecule has 0 bridgehead atoms. The Kier molecular flexibility index (Phi) is 7.02. The van der Waals surface area contributed by atoms with Crippen LogP contribution in [0.3, 0.4) is 0 Å². The molecule has 2 aromatic rings. The molecule has 0 spiro atoms. The number of halogens is 2. The zero-order valence-corrected chi connectivity index (χ0v) is 18.0. The molecule has 0 aromatic heterocycles. The molecule has 7 nitrogen and oxygen atoms in total. The van der Waals surface area contributed by atoms with Gasteiger partial charge < -0.3 is 14.8 Å². The fraction of sp³-hybridized carbons (Fsp3) is 0.316. The van der Waals surface area contributed by atoms with Gasteiger partial charge in [-0.25, -0.2) is 8.42 Å². The third-order valence-electron chi connectivity index (χ3n) is 4.33. The minimum absolute atomic E-state index is 0.0545. The van der Waals surface area contributed by atoms with Crippen LogP contribution in [0.5, 0.6) is 5.75 Å². The minimum atomic E-state index is -3.84. The van der Waals surface area contributed by atoms with Crippen LogP contribution in [0, 0.1) is 6.92 Å². The molecule has 29 heavy (non-hydrogen) atoms. The number of carbonyl (C=O) groups excluding carboxylic acids is 1. The largest absolute Gasteiger partial charge is 0.482 e. The molecular weight excluding hydrogens is 439 g/mol. The molecule has 3 rings (SSSR count). The van der Waals surface area contributed by atoms with Crippen LogP contribution in [0.4, 0.5) is 5.69 Å². The van der Waals surface area contributed by atoms with Crippen LogP contribution < -0.4 is 10.1 Å². The maximum atomic E-state index is 13.0. The predicted molar refractivity (Wildman–Crippen MR) is 111 cm³/mol. The number of nitrogens with one attached hydrogen (secondary N) is 1. The summed E-state index contributed by atoms with van der Waals surface area (Å²) in [6.45, 7) is 2.57.